The predicted molar refractivity (Wildman–Crippen MR) is 303 cm³/mol. The van der Waals surface area contributed by atoms with Gasteiger partial charge in [0.05, 0.1) is 19.8 Å². The normalized spacial score (nSPS) is 24.2. The zero-order chi connectivity index (χ0) is 56.0. The maximum Gasteiger partial charge on any atom is 0.306 e. The molecule has 15 nitrogen and oxygen atoms in total. The molecule has 2 aliphatic heterocycles. The number of esters is 2. The number of carbonyl (C=O) groups is 2. The monoisotopic (exact) mass is 1100 g/mol. The van der Waals surface area contributed by atoms with E-state index in [-0.39, 0.29) is 26.1 Å². The lowest BCUT2D eigenvalue weighted by Gasteiger charge is -2.42. The Labute approximate surface area is 467 Å². The number of hydrogen-bond acceptors (Lipinski definition) is 15. The van der Waals surface area contributed by atoms with Crippen LogP contribution in [0.15, 0.2) is 12.2 Å². The van der Waals surface area contributed by atoms with E-state index < -0.39 is 92.7 Å². The molecule has 2 rings (SSSR count). The molecule has 454 valence electrons. The minimum atomic E-state index is -1.76. The molecule has 0 amide bonds. The molecule has 0 spiro atoms. The molecule has 0 aromatic rings. The number of rotatable bonds is 52. The molecule has 7 N–H and O–H groups in total. The van der Waals surface area contributed by atoms with E-state index in [2.05, 4.69) is 26.0 Å². The van der Waals surface area contributed by atoms with Gasteiger partial charge < -0.3 is 64.2 Å². The van der Waals surface area contributed by atoms with Crippen molar-refractivity contribution in [3.8, 4) is 0 Å². The maximum atomic E-state index is 13.1. The molecular weight excluding hydrogens is 985 g/mol. The minimum absolute atomic E-state index is 0.168. The Balaban J connectivity index is 1.71. The lowest BCUT2D eigenvalue weighted by molar-refractivity contribution is -0.332. The van der Waals surface area contributed by atoms with Crippen LogP contribution in [-0.4, -0.2) is 142 Å². The first kappa shape index (κ1) is 71.3. The van der Waals surface area contributed by atoms with Gasteiger partial charge in [0.15, 0.2) is 18.7 Å². The van der Waals surface area contributed by atoms with E-state index in [1.807, 2.05) is 0 Å². The van der Waals surface area contributed by atoms with Crippen LogP contribution >= 0.6 is 0 Å². The smallest absolute Gasteiger partial charge is 0.306 e. The lowest BCUT2D eigenvalue weighted by Crippen LogP contribution is -2.61. The summed E-state index contributed by atoms with van der Waals surface area (Å²) in [6.07, 6.45) is 36.6. The first-order chi connectivity index (χ1) is 37.5. The Morgan fingerprint density at radius 3 is 1.14 bits per heavy atom. The summed E-state index contributed by atoms with van der Waals surface area (Å²) >= 11 is 0. The van der Waals surface area contributed by atoms with Gasteiger partial charge >= 0.3 is 11.9 Å². The van der Waals surface area contributed by atoms with Gasteiger partial charge in [-0.25, -0.2) is 0 Å². The molecule has 0 aromatic heterocycles. The fourth-order valence-electron chi connectivity index (χ4n) is 10.3. The Morgan fingerprint density at radius 2 is 0.740 bits per heavy atom. The van der Waals surface area contributed by atoms with Gasteiger partial charge in [0, 0.05) is 12.8 Å². The Bertz CT molecular complexity index is 1390. The van der Waals surface area contributed by atoms with Crippen molar-refractivity contribution >= 4 is 11.9 Å². The van der Waals surface area contributed by atoms with E-state index >= 15 is 0 Å². The third-order valence-corrected chi connectivity index (χ3v) is 15.5. The largest absolute Gasteiger partial charge is 0.462 e. The predicted octanol–water partition coefficient (Wildman–Crippen LogP) is 11.7. The van der Waals surface area contributed by atoms with Crippen LogP contribution in [0.2, 0.25) is 0 Å². The average Bonchev–Trinajstić information content (AvgIpc) is 3.43. The number of unbranched alkanes of at least 4 members (excludes halogenated alkanes) is 36. The molecule has 0 aromatic carbocycles. The second kappa shape index (κ2) is 48.9. The van der Waals surface area contributed by atoms with Crippen LogP contribution in [0.1, 0.15) is 277 Å². The van der Waals surface area contributed by atoms with Gasteiger partial charge in [-0.05, 0) is 38.5 Å². The van der Waals surface area contributed by atoms with E-state index in [9.17, 15) is 45.3 Å². The van der Waals surface area contributed by atoms with E-state index in [1.165, 1.54) is 199 Å². The lowest BCUT2D eigenvalue weighted by atomic mass is 9.98. The van der Waals surface area contributed by atoms with E-state index in [0.29, 0.717) is 12.8 Å². The summed E-state index contributed by atoms with van der Waals surface area (Å²) in [4.78, 5) is 26.0. The third kappa shape index (κ3) is 35.7. The molecule has 2 heterocycles. The van der Waals surface area contributed by atoms with Crippen LogP contribution in [-0.2, 0) is 38.0 Å². The molecule has 15 heteroatoms. The number of aliphatic hydroxyl groups excluding tert-OH is 7. The Morgan fingerprint density at radius 1 is 0.403 bits per heavy atom. The molecule has 11 unspecified atom stereocenters. The zero-order valence-electron chi connectivity index (χ0n) is 48.7. The maximum absolute atomic E-state index is 13.1. The highest BCUT2D eigenvalue weighted by molar-refractivity contribution is 5.70. The SMILES string of the molecule is CCCCCCCCCC/C=C\CCCCCCCCCCCC(=O)OC(COC(=O)CCCCCCCCCCCCCCCCCCCCCC)COC1OC(COC2OC(CO)C(O)C(O)C2O)C(O)C(O)C1O. The Hall–Kier alpha value is -1.76. The van der Waals surface area contributed by atoms with Gasteiger partial charge in [0.1, 0.15) is 55.4 Å². The summed E-state index contributed by atoms with van der Waals surface area (Å²) in [6.45, 7) is 2.66. The van der Waals surface area contributed by atoms with Crippen LogP contribution < -0.4 is 0 Å². The fraction of sp³-hybridized carbons (Fsp3) is 0.935. The standard InChI is InChI=1S/C62H116O15/c1-3-5-7-9-11-13-15-17-19-21-23-25-27-29-31-33-35-37-39-41-43-45-54(65)75-50(47-72-53(64)44-42-40-38-36-34-32-30-28-26-24-22-20-18-16-14-12-10-8-6-4-2)48-73-61-60(71)58(69)56(67)52(77-61)49-74-62-59(70)57(68)55(66)51(46-63)76-62/h21,23,50-52,55-63,66-71H,3-20,22,24-49H2,1-2H3/b23-21-. The molecule has 0 saturated carbocycles. The number of hydrogen-bond donors (Lipinski definition) is 7. The summed E-state index contributed by atoms with van der Waals surface area (Å²) in [5.74, 6) is -0.908. The van der Waals surface area contributed by atoms with Gasteiger partial charge in [-0.15, -0.1) is 0 Å². The van der Waals surface area contributed by atoms with Gasteiger partial charge in [-0.3, -0.25) is 9.59 Å². The highest BCUT2D eigenvalue weighted by atomic mass is 16.7. The molecule has 0 aliphatic carbocycles. The van der Waals surface area contributed by atoms with Crippen LogP contribution in [0.3, 0.4) is 0 Å². The van der Waals surface area contributed by atoms with Crippen LogP contribution in [0.25, 0.3) is 0 Å². The van der Waals surface area contributed by atoms with Gasteiger partial charge in [0.2, 0.25) is 0 Å². The fourth-order valence-corrected chi connectivity index (χ4v) is 10.3. The first-order valence-corrected chi connectivity index (χ1v) is 31.8. The van der Waals surface area contributed by atoms with Crippen LogP contribution in [0, 0.1) is 0 Å². The summed E-state index contributed by atoms with van der Waals surface area (Å²) < 4.78 is 33.8. The number of ether oxygens (including phenoxy) is 6. The second-order valence-corrected chi connectivity index (χ2v) is 22.6. The molecule has 0 bridgehead atoms. The average molecular weight is 1100 g/mol. The molecule has 2 fully saturated rings. The van der Waals surface area contributed by atoms with Gasteiger partial charge in [-0.2, -0.15) is 0 Å². The third-order valence-electron chi connectivity index (χ3n) is 15.5. The van der Waals surface area contributed by atoms with Crippen molar-refractivity contribution < 1.29 is 73.8 Å². The number of aliphatic hydroxyl groups is 7. The minimum Gasteiger partial charge on any atom is -0.462 e. The van der Waals surface area contributed by atoms with Crippen molar-refractivity contribution in [1.29, 1.82) is 0 Å². The first-order valence-electron chi connectivity index (χ1n) is 31.8. The van der Waals surface area contributed by atoms with Gasteiger partial charge in [0.25, 0.3) is 0 Å². The molecular formula is C62H116O15. The van der Waals surface area contributed by atoms with Crippen molar-refractivity contribution in [3.63, 3.8) is 0 Å². The van der Waals surface area contributed by atoms with E-state index in [0.717, 1.165) is 38.5 Å². The molecule has 77 heavy (non-hydrogen) atoms. The highest BCUT2D eigenvalue weighted by Gasteiger charge is 2.47. The quantitative estimate of drug-likeness (QED) is 0.0171. The summed E-state index contributed by atoms with van der Waals surface area (Å²) in [5, 5.41) is 72.4. The summed E-state index contributed by atoms with van der Waals surface area (Å²) in [7, 11) is 0. The second-order valence-electron chi connectivity index (χ2n) is 22.6. The zero-order valence-corrected chi connectivity index (χ0v) is 48.7. The van der Waals surface area contributed by atoms with E-state index in [4.69, 9.17) is 28.4 Å². The van der Waals surface area contributed by atoms with Crippen molar-refractivity contribution in [2.24, 2.45) is 0 Å². The van der Waals surface area contributed by atoms with Gasteiger partial charge in [-0.1, -0.05) is 238 Å². The van der Waals surface area contributed by atoms with Crippen molar-refractivity contribution in [1.82, 2.24) is 0 Å². The van der Waals surface area contributed by atoms with Crippen molar-refractivity contribution in [3.05, 3.63) is 12.2 Å². The van der Waals surface area contributed by atoms with E-state index in [1.54, 1.807) is 0 Å². The van der Waals surface area contributed by atoms with Crippen LogP contribution in [0.5, 0.6) is 0 Å². The molecule has 2 saturated heterocycles. The summed E-state index contributed by atoms with van der Waals surface area (Å²) in [6, 6.07) is 0. The summed E-state index contributed by atoms with van der Waals surface area (Å²) in [5.41, 5.74) is 0. The highest BCUT2D eigenvalue weighted by Crippen LogP contribution is 2.27. The molecule has 2 aliphatic rings. The van der Waals surface area contributed by atoms with Crippen LogP contribution in [0.4, 0.5) is 0 Å². The topological polar surface area (TPSA) is 231 Å². The number of carbonyl (C=O) groups excluding carboxylic acids is 2. The molecule has 11 atom stereocenters. The van der Waals surface area contributed by atoms with Crippen molar-refractivity contribution in [2.75, 3.05) is 26.4 Å². The Kier molecular flexibility index (Phi) is 45.3. The van der Waals surface area contributed by atoms with Crippen molar-refractivity contribution in [2.45, 2.75) is 345 Å². The number of allylic oxidation sites excluding steroid dienone is 2. The molecule has 0 radical (unpaired) electrons.